The molecule has 34 heavy (non-hydrogen) atoms. The van der Waals surface area contributed by atoms with E-state index in [2.05, 4.69) is 0 Å². The number of hydrogen-bond donors (Lipinski definition) is 3. The standard InChI is InChI=1S/C26H36O7S/c1-26(2,3)22-15-20(16-32-13-14-33-17-27)23(19-9-11-21(28)12-10-19)24(25(22)34(29,30)31)18-7-5-4-6-8-18/h9-12,15,18,27-28H,4-8,13-14,16-17H2,1-3H3,(H,29,30,31). The van der Waals surface area contributed by atoms with Crippen molar-refractivity contribution < 1.29 is 32.7 Å². The van der Waals surface area contributed by atoms with E-state index in [-0.39, 0.29) is 43.2 Å². The van der Waals surface area contributed by atoms with Crippen LogP contribution in [0.5, 0.6) is 5.75 Å². The first-order valence-corrected chi connectivity index (χ1v) is 13.2. The highest BCUT2D eigenvalue weighted by Gasteiger charge is 2.35. The Hall–Kier alpha value is -1.97. The maximum absolute atomic E-state index is 12.9. The molecule has 0 amide bonds. The molecule has 0 atom stereocenters. The van der Waals surface area contributed by atoms with Crippen LogP contribution in [0.4, 0.5) is 0 Å². The van der Waals surface area contributed by atoms with E-state index in [9.17, 15) is 18.1 Å². The summed E-state index contributed by atoms with van der Waals surface area (Å²) in [4.78, 5) is 0.00217. The van der Waals surface area contributed by atoms with Gasteiger partial charge in [-0.05, 0) is 64.1 Å². The summed E-state index contributed by atoms with van der Waals surface area (Å²) in [6.07, 6.45) is 4.77. The molecule has 7 nitrogen and oxygen atoms in total. The molecule has 3 rings (SSSR count). The lowest BCUT2D eigenvalue weighted by molar-refractivity contribution is -0.0318. The van der Waals surface area contributed by atoms with Crippen molar-refractivity contribution in [2.24, 2.45) is 0 Å². The van der Waals surface area contributed by atoms with Gasteiger partial charge in [0.25, 0.3) is 10.1 Å². The highest BCUT2D eigenvalue weighted by Crippen LogP contribution is 2.47. The van der Waals surface area contributed by atoms with Crippen LogP contribution in [-0.2, 0) is 31.6 Å². The third-order valence-corrected chi connectivity index (χ3v) is 7.31. The molecule has 0 aromatic heterocycles. The monoisotopic (exact) mass is 492 g/mol. The third-order valence-electron chi connectivity index (χ3n) is 6.35. The minimum atomic E-state index is -4.52. The highest BCUT2D eigenvalue weighted by molar-refractivity contribution is 7.86. The lowest BCUT2D eigenvalue weighted by Gasteiger charge is -2.32. The lowest BCUT2D eigenvalue weighted by atomic mass is 9.75. The summed E-state index contributed by atoms with van der Waals surface area (Å²) in [6, 6.07) is 8.50. The molecule has 0 heterocycles. The fourth-order valence-corrected chi connectivity index (χ4v) is 6.00. The summed E-state index contributed by atoms with van der Waals surface area (Å²) < 4.78 is 47.1. The van der Waals surface area contributed by atoms with Crippen LogP contribution in [-0.4, -0.2) is 43.2 Å². The van der Waals surface area contributed by atoms with Crippen LogP contribution >= 0.6 is 0 Å². The first-order chi connectivity index (χ1) is 16.0. The Morgan fingerprint density at radius 3 is 2.18 bits per heavy atom. The zero-order chi connectivity index (χ0) is 24.9. The number of ether oxygens (including phenoxy) is 2. The maximum Gasteiger partial charge on any atom is 0.295 e. The fourth-order valence-electron chi connectivity index (χ4n) is 4.81. The lowest BCUT2D eigenvalue weighted by Crippen LogP contribution is -2.22. The van der Waals surface area contributed by atoms with Crippen molar-refractivity contribution in [3.8, 4) is 16.9 Å². The van der Waals surface area contributed by atoms with E-state index in [0.717, 1.165) is 48.8 Å². The number of benzene rings is 2. The van der Waals surface area contributed by atoms with Gasteiger partial charge >= 0.3 is 0 Å². The largest absolute Gasteiger partial charge is 0.508 e. The van der Waals surface area contributed by atoms with E-state index in [1.54, 1.807) is 24.3 Å². The van der Waals surface area contributed by atoms with Gasteiger partial charge in [-0.15, -0.1) is 0 Å². The van der Waals surface area contributed by atoms with Crippen molar-refractivity contribution in [2.75, 3.05) is 20.0 Å². The smallest absolute Gasteiger partial charge is 0.295 e. The topological polar surface area (TPSA) is 113 Å². The van der Waals surface area contributed by atoms with E-state index in [1.165, 1.54) is 0 Å². The Labute approximate surface area is 202 Å². The molecule has 2 aromatic carbocycles. The van der Waals surface area contributed by atoms with Crippen LogP contribution in [0.25, 0.3) is 11.1 Å². The third kappa shape index (κ3) is 6.37. The van der Waals surface area contributed by atoms with Gasteiger partial charge in [-0.25, -0.2) is 0 Å². The zero-order valence-corrected chi connectivity index (χ0v) is 21.0. The Morgan fingerprint density at radius 2 is 1.62 bits per heavy atom. The molecule has 1 aliphatic rings. The number of phenolic OH excluding ortho intramolecular Hbond substituents is 1. The van der Waals surface area contributed by atoms with Crippen molar-refractivity contribution in [2.45, 2.75) is 75.7 Å². The van der Waals surface area contributed by atoms with Gasteiger partial charge < -0.3 is 19.7 Å². The molecule has 1 aliphatic carbocycles. The van der Waals surface area contributed by atoms with Crippen molar-refractivity contribution in [1.82, 2.24) is 0 Å². The number of aromatic hydroxyl groups is 1. The van der Waals surface area contributed by atoms with E-state index >= 15 is 0 Å². The molecule has 0 unspecified atom stereocenters. The Bertz CT molecular complexity index is 1060. The van der Waals surface area contributed by atoms with E-state index < -0.39 is 15.5 Å². The van der Waals surface area contributed by atoms with Crippen molar-refractivity contribution in [3.63, 3.8) is 0 Å². The van der Waals surface area contributed by atoms with Gasteiger partial charge in [0, 0.05) is 0 Å². The second-order valence-electron chi connectivity index (χ2n) is 9.90. The molecular formula is C26H36O7S. The molecule has 1 saturated carbocycles. The molecule has 188 valence electrons. The molecule has 0 saturated heterocycles. The second-order valence-corrected chi connectivity index (χ2v) is 11.3. The van der Waals surface area contributed by atoms with Crippen molar-refractivity contribution in [3.05, 3.63) is 47.0 Å². The molecule has 3 N–H and O–H groups in total. The molecule has 8 heteroatoms. The Kier molecular flexibility index (Phi) is 8.76. The number of phenols is 1. The Balaban J connectivity index is 2.31. The molecule has 0 aliphatic heterocycles. The average molecular weight is 493 g/mol. The van der Waals surface area contributed by atoms with Crippen LogP contribution in [0.3, 0.4) is 0 Å². The normalized spacial score (nSPS) is 15.6. The quantitative estimate of drug-likeness (QED) is 0.252. The number of aliphatic hydroxyl groups excluding tert-OH is 1. The molecule has 0 radical (unpaired) electrons. The van der Waals surface area contributed by atoms with Crippen LogP contribution < -0.4 is 0 Å². The SMILES string of the molecule is CC(C)(C)c1cc(COCCOCO)c(-c2ccc(O)cc2)c(C2CCCCC2)c1S(=O)(=O)O. The first kappa shape index (κ1) is 26.6. The minimum Gasteiger partial charge on any atom is -0.508 e. The number of aliphatic hydroxyl groups is 1. The van der Waals surface area contributed by atoms with Gasteiger partial charge in [0.2, 0.25) is 0 Å². The molecule has 0 spiro atoms. The van der Waals surface area contributed by atoms with Crippen LogP contribution in [0.2, 0.25) is 0 Å². The Morgan fingerprint density at radius 1 is 1.00 bits per heavy atom. The van der Waals surface area contributed by atoms with Gasteiger partial charge in [-0.3, -0.25) is 4.55 Å². The predicted molar refractivity (Wildman–Crippen MR) is 131 cm³/mol. The zero-order valence-electron chi connectivity index (χ0n) is 20.2. The number of rotatable bonds is 9. The maximum atomic E-state index is 12.9. The summed E-state index contributed by atoms with van der Waals surface area (Å²) >= 11 is 0. The fraction of sp³-hybridized carbons (Fsp3) is 0.538. The van der Waals surface area contributed by atoms with Crippen molar-refractivity contribution in [1.29, 1.82) is 0 Å². The van der Waals surface area contributed by atoms with Gasteiger partial charge in [0.1, 0.15) is 17.4 Å². The first-order valence-electron chi connectivity index (χ1n) is 11.8. The summed E-state index contributed by atoms with van der Waals surface area (Å²) in [5.41, 5.74) is 2.96. The van der Waals surface area contributed by atoms with Crippen LogP contribution in [0.1, 0.15) is 75.5 Å². The summed E-state index contributed by atoms with van der Waals surface area (Å²) in [5, 5.41) is 18.7. The van der Waals surface area contributed by atoms with Gasteiger partial charge in [0.05, 0.1) is 19.8 Å². The van der Waals surface area contributed by atoms with Gasteiger partial charge in [0.15, 0.2) is 0 Å². The highest BCUT2D eigenvalue weighted by atomic mass is 32.2. The van der Waals surface area contributed by atoms with Crippen LogP contribution in [0, 0.1) is 0 Å². The molecule has 1 fully saturated rings. The summed E-state index contributed by atoms with van der Waals surface area (Å²) in [7, 11) is -4.52. The van der Waals surface area contributed by atoms with E-state index in [4.69, 9.17) is 14.6 Å². The summed E-state index contributed by atoms with van der Waals surface area (Å²) in [6.45, 7) is 6.12. The van der Waals surface area contributed by atoms with Crippen LogP contribution in [0.15, 0.2) is 35.2 Å². The summed E-state index contributed by atoms with van der Waals surface area (Å²) in [5.74, 6) is 0.0940. The average Bonchev–Trinajstić information content (AvgIpc) is 2.78. The number of hydrogen-bond acceptors (Lipinski definition) is 6. The van der Waals surface area contributed by atoms with Gasteiger partial charge in [-0.2, -0.15) is 8.42 Å². The minimum absolute atomic E-state index is 0.00217. The van der Waals surface area contributed by atoms with E-state index in [0.29, 0.717) is 11.1 Å². The van der Waals surface area contributed by atoms with E-state index in [1.807, 2.05) is 26.8 Å². The second kappa shape index (κ2) is 11.2. The molecular weight excluding hydrogens is 456 g/mol. The van der Waals surface area contributed by atoms with Crippen molar-refractivity contribution >= 4 is 10.1 Å². The van der Waals surface area contributed by atoms with Gasteiger partial charge in [-0.1, -0.05) is 58.2 Å². The molecule has 0 bridgehead atoms. The predicted octanol–water partition coefficient (Wildman–Crippen LogP) is 5.13. The molecule has 2 aromatic rings.